The smallest absolute Gasteiger partial charge is 0.193 e. The Balaban J connectivity index is 2.36. The van der Waals surface area contributed by atoms with Crippen LogP contribution in [-0.2, 0) is 13.0 Å². The molecule has 0 saturated heterocycles. The molecule has 6 nitrogen and oxygen atoms in total. The highest BCUT2D eigenvalue weighted by Gasteiger charge is 2.05. The minimum atomic E-state index is 0.809. The molecule has 0 saturated carbocycles. The summed E-state index contributed by atoms with van der Waals surface area (Å²) in [5.74, 6) is 1.93. The lowest BCUT2D eigenvalue weighted by Crippen LogP contribution is -2.40. The fraction of sp³-hybridized carbons (Fsp3) is 0.643. The molecule has 6 heteroatoms. The summed E-state index contributed by atoms with van der Waals surface area (Å²) in [7, 11) is 3.86. The molecule has 0 radical (unpaired) electrons. The van der Waals surface area contributed by atoms with Crippen LogP contribution in [0.15, 0.2) is 24.0 Å². The first-order valence-electron chi connectivity index (χ1n) is 7.12. The van der Waals surface area contributed by atoms with Crippen molar-refractivity contribution < 1.29 is 0 Å². The summed E-state index contributed by atoms with van der Waals surface area (Å²) in [5.41, 5.74) is 0. The van der Waals surface area contributed by atoms with Crippen molar-refractivity contribution in [3.8, 4) is 0 Å². The van der Waals surface area contributed by atoms with E-state index in [9.17, 15) is 0 Å². The molecule has 20 heavy (non-hydrogen) atoms. The highest BCUT2D eigenvalue weighted by molar-refractivity contribution is 5.79. The van der Waals surface area contributed by atoms with E-state index in [1.54, 1.807) is 6.33 Å². The second-order valence-corrected chi connectivity index (χ2v) is 4.62. The summed E-state index contributed by atoms with van der Waals surface area (Å²) in [5, 5.41) is 11.4. The van der Waals surface area contributed by atoms with Gasteiger partial charge >= 0.3 is 0 Å². The molecule has 1 rings (SSSR count). The number of nitrogens with zero attached hydrogens (tertiary/aromatic N) is 5. The first kappa shape index (κ1) is 16.2. The molecule has 0 fully saturated rings. The van der Waals surface area contributed by atoms with Gasteiger partial charge in [-0.3, -0.25) is 4.99 Å². The predicted molar refractivity (Wildman–Crippen MR) is 82.8 cm³/mol. The van der Waals surface area contributed by atoms with Gasteiger partial charge in [0.05, 0.1) is 0 Å². The van der Waals surface area contributed by atoms with Crippen LogP contribution in [0.3, 0.4) is 0 Å². The van der Waals surface area contributed by atoms with Crippen LogP contribution >= 0.6 is 0 Å². The van der Waals surface area contributed by atoms with Crippen molar-refractivity contribution in [2.24, 2.45) is 4.99 Å². The fourth-order valence-corrected chi connectivity index (χ4v) is 1.99. The number of aliphatic imine (C=N–C) groups is 1. The number of hydrogen-bond acceptors (Lipinski definition) is 3. The zero-order chi connectivity index (χ0) is 14.8. The minimum absolute atomic E-state index is 0.809. The highest BCUT2D eigenvalue weighted by Crippen LogP contribution is 1.96. The number of guanidine groups is 1. The van der Waals surface area contributed by atoms with E-state index in [-0.39, 0.29) is 0 Å². The Morgan fingerprint density at radius 3 is 3.05 bits per heavy atom. The molecule has 0 amide bonds. The van der Waals surface area contributed by atoms with E-state index < -0.39 is 0 Å². The number of aryl methyl sites for hydroxylation is 1. The van der Waals surface area contributed by atoms with E-state index in [0.29, 0.717) is 0 Å². The number of allylic oxidation sites excluding steroid dienone is 1. The molecule has 0 aliphatic rings. The van der Waals surface area contributed by atoms with Gasteiger partial charge in [0.2, 0.25) is 0 Å². The van der Waals surface area contributed by atoms with Crippen LogP contribution in [0.4, 0.5) is 0 Å². The number of nitrogens with one attached hydrogen (secondary N) is 1. The molecule has 0 bridgehead atoms. The van der Waals surface area contributed by atoms with Gasteiger partial charge in [-0.05, 0) is 12.8 Å². The van der Waals surface area contributed by atoms with Gasteiger partial charge in [0.15, 0.2) is 5.96 Å². The quantitative estimate of drug-likeness (QED) is 0.337. The Morgan fingerprint density at radius 2 is 2.40 bits per heavy atom. The average Bonchev–Trinajstić information content (AvgIpc) is 2.91. The topological polar surface area (TPSA) is 58.3 Å². The number of hydrogen-bond donors (Lipinski definition) is 1. The van der Waals surface area contributed by atoms with Gasteiger partial charge in [0.1, 0.15) is 12.2 Å². The van der Waals surface area contributed by atoms with Crippen molar-refractivity contribution in [2.75, 3.05) is 27.2 Å². The van der Waals surface area contributed by atoms with Crippen molar-refractivity contribution in [2.45, 2.75) is 32.7 Å². The number of aromatic nitrogens is 3. The molecule has 1 heterocycles. The maximum absolute atomic E-state index is 4.29. The Morgan fingerprint density at radius 1 is 1.60 bits per heavy atom. The molecule has 1 aromatic rings. The van der Waals surface area contributed by atoms with Gasteiger partial charge in [-0.25, -0.2) is 0 Å². The minimum Gasteiger partial charge on any atom is -0.354 e. The van der Waals surface area contributed by atoms with E-state index >= 15 is 0 Å². The Labute approximate surface area is 121 Å². The molecule has 1 N–H and O–H groups in total. The summed E-state index contributed by atoms with van der Waals surface area (Å²) in [6.45, 7) is 8.44. The fourth-order valence-electron chi connectivity index (χ4n) is 1.99. The standard InChI is InChI=1S/C14H26N6/c1-5-7-8-10-19(4)14(15-3)16-9-11-20-12-17-18-13(20)6-2/h5,12H,1,6-11H2,2-4H3,(H,15,16). The van der Waals surface area contributed by atoms with Crippen LogP contribution in [0, 0.1) is 0 Å². The summed E-state index contributed by atoms with van der Waals surface area (Å²) in [6.07, 6.45) is 6.74. The lowest BCUT2D eigenvalue weighted by molar-refractivity contribution is 0.466. The number of unbranched alkanes of at least 4 members (excludes halogenated alkanes) is 1. The predicted octanol–water partition coefficient (Wildman–Crippen LogP) is 1.31. The third kappa shape index (κ3) is 5.03. The highest BCUT2D eigenvalue weighted by atomic mass is 15.3. The molecular formula is C14H26N6. The maximum Gasteiger partial charge on any atom is 0.193 e. The van der Waals surface area contributed by atoms with Crippen LogP contribution < -0.4 is 5.32 Å². The zero-order valence-electron chi connectivity index (χ0n) is 12.8. The normalized spacial score (nSPS) is 11.4. The van der Waals surface area contributed by atoms with Crippen molar-refractivity contribution in [1.29, 1.82) is 0 Å². The summed E-state index contributed by atoms with van der Waals surface area (Å²) in [6, 6.07) is 0. The SMILES string of the molecule is C=CCCCN(C)C(=NC)NCCn1cnnc1CC. The molecule has 0 spiro atoms. The molecule has 112 valence electrons. The second kappa shape index (κ2) is 9.12. The zero-order valence-corrected chi connectivity index (χ0v) is 12.8. The van der Waals surface area contributed by atoms with Crippen LogP contribution in [-0.4, -0.2) is 52.8 Å². The van der Waals surface area contributed by atoms with E-state index in [0.717, 1.165) is 50.7 Å². The van der Waals surface area contributed by atoms with Gasteiger partial charge in [-0.1, -0.05) is 13.0 Å². The van der Waals surface area contributed by atoms with Gasteiger partial charge in [-0.15, -0.1) is 16.8 Å². The second-order valence-electron chi connectivity index (χ2n) is 4.62. The Kier molecular flexibility index (Phi) is 7.39. The van der Waals surface area contributed by atoms with Crippen LogP contribution in [0.2, 0.25) is 0 Å². The van der Waals surface area contributed by atoms with Crippen molar-refractivity contribution in [3.63, 3.8) is 0 Å². The van der Waals surface area contributed by atoms with Gasteiger partial charge < -0.3 is 14.8 Å². The molecule has 0 aromatic carbocycles. The van der Waals surface area contributed by atoms with Crippen LogP contribution in [0.25, 0.3) is 0 Å². The van der Waals surface area contributed by atoms with Gasteiger partial charge in [0, 0.05) is 40.2 Å². The van der Waals surface area contributed by atoms with Crippen LogP contribution in [0.1, 0.15) is 25.6 Å². The monoisotopic (exact) mass is 278 g/mol. The molecule has 0 aliphatic carbocycles. The third-order valence-electron chi connectivity index (χ3n) is 3.12. The summed E-state index contributed by atoms with van der Waals surface area (Å²) >= 11 is 0. The third-order valence-corrected chi connectivity index (χ3v) is 3.12. The first-order valence-corrected chi connectivity index (χ1v) is 7.12. The average molecular weight is 278 g/mol. The van der Waals surface area contributed by atoms with Crippen LogP contribution in [0.5, 0.6) is 0 Å². The first-order chi connectivity index (χ1) is 9.72. The maximum atomic E-state index is 4.29. The molecule has 1 aromatic heterocycles. The Hall–Kier alpha value is -1.85. The molecule has 0 atom stereocenters. The van der Waals surface area contributed by atoms with Crippen molar-refractivity contribution >= 4 is 5.96 Å². The van der Waals surface area contributed by atoms with Gasteiger partial charge in [0.25, 0.3) is 0 Å². The van der Waals surface area contributed by atoms with Crippen molar-refractivity contribution in [1.82, 2.24) is 25.0 Å². The number of rotatable bonds is 8. The van der Waals surface area contributed by atoms with E-state index in [1.807, 2.05) is 13.1 Å². The van der Waals surface area contributed by atoms with Crippen molar-refractivity contribution in [3.05, 3.63) is 24.8 Å². The van der Waals surface area contributed by atoms with Gasteiger partial charge in [-0.2, -0.15) is 0 Å². The molecule has 0 unspecified atom stereocenters. The molecular weight excluding hydrogens is 252 g/mol. The Bertz CT molecular complexity index is 423. The lowest BCUT2D eigenvalue weighted by Gasteiger charge is -2.22. The summed E-state index contributed by atoms with van der Waals surface area (Å²) < 4.78 is 2.07. The van der Waals surface area contributed by atoms with E-state index in [2.05, 4.69) is 50.5 Å². The largest absolute Gasteiger partial charge is 0.354 e. The molecule has 0 aliphatic heterocycles. The lowest BCUT2D eigenvalue weighted by atomic mass is 10.3. The van der Waals surface area contributed by atoms with E-state index in [4.69, 9.17) is 0 Å². The summed E-state index contributed by atoms with van der Waals surface area (Å²) in [4.78, 5) is 6.43. The van der Waals surface area contributed by atoms with E-state index in [1.165, 1.54) is 0 Å².